The van der Waals surface area contributed by atoms with E-state index < -0.39 is 6.10 Å². The van der Waals surface area contributed by atoms with E-state index >= 15 is 0 Å². The first-order valence-corrected chi connectivity index (χ1v) is 11.3. The molecule has 0 fully saturated rings. The lowest BCUT2D eigenvalue weighted by Gasteiger charge is -2.19. The van der Waals surface area contributed by atoms with Gasteiger partial charge in [-0.15, -0.1) is 0 Å². The van der Waals surface area contributed by atoms with Crippen molar-refractivity contribution in [3.63, 3.8) is 0 Å². The van der Waals surface area contributed by atoms with Gasteiger partial charge < -0.3 is 24.8 Å². The number of nitrogens with one attached hydrogen (secondary N) is 2. The van der Waals surface area contributed by atoms with Crippen LogP contribution in [-0.4, -0.2) is 31.1 Å². The van der Waals surface area contributed by atoms with Gasteiger partial charge in [0, 0.05) is 22.7 Å². The van der Waals surface area contributed by atoms with Crippen molar-refractivity contribution in [1.29, 1.82) is 0 Å². The first-order valence-electron chi connectivity index (χ1n) is 10.9. The van der Waals surface area contributed by atoms with Gasteiger partial charge >= 0.3 is 0 Å². The molecule has 3 aromatic carbocycles. The molecule has 0 heterocycles. The third-order valence-electron chi connectivity index (χ3n) is 4.72. The van der Waals surface area contributed by atoms with Gasteiger partial charge in [0.15, 0.2) is 6.10 Å². The number of hydrogen-bond acceptors (Lipinski definition) is 5. The molecule has 0 saturated heterocycles. The van der Waals surface area contributed by atoms with Gasteiger partial charge in [-0.25, -0.2) is 0 Å². The molecule has 0 aromatic heterocycles. The van der Waals surface area contributed by atoms with Gasteiger partial charge in [-0.3, -0.25) is 9.59 Å². The van der Waals surface area contributed by atoms with Gasteiger partial charge in [0.05, 0.1) is 24.6 Å². The van der Waals surface area contributed by atoms with Crippen LogP contribution >= 0.6 is 11.6 Å². The minimum atomic E-state index is -0.788. The monoisotopic (exact) mass is 482 g/mol. The Hall–Kier alpha value is -3.71. The average molecular weight is 483 g/mol. The highest BCUT2D eigenvalue weighted by molar-refractivity contribution is 6.30. The Kier molecular flexibility index (Phi) is 8.76. The molecule has 3 aromatic rings. The SMILES string of the molecule is CCOc1cc(NC(=O)C(C)Oc2ccc(Cl)cc2)c(OCC)cc1NC(=O)c1ccccc1. The fourth-order valence-electron chi connectivity index (χ4n) is 3.09. The number of benzene rings is 3. The van der Waals surface area contributed by atoms with Crippen molar-refractivity contribution >= 4 is 34.8 Å². The molecule has 0 spiro atoms. The van der Waals surface area contributed by atoms with E-state index in [-0.39, 0.29) is 11.8 Å². The predicted octanol–water partition coefficient (Wildman–Crippen LogP) is 5.80. The van der Waals surface area contributed by atoms with Crippen LogP contribution in [0.4, 0.5) is 11.4 Å². The van der Waals surface area contributed by atoms with Crippen LogP contribution in [-0.2, 0) is 4.79 Å². The zero-order chi connectivity index (χ0) is 24.5. The van der Waals surface area contributed by atoms with Crippen LogP contribution in [0.1, 0.15) is 31.1 Å². The van der Waals surface area contributed by atoms with Crippen LogP contribution in [0.15, 0.2) is 66.7 Å². The summed E-state index contributed by atoms with van der Waals surface area (Å²) in [7, 11) is 0. The average Bonchev–Trinajstić information content (AvgIpc) is 2.83. The largest absolute Gasteiger partial charge is 0.492 e. The minimum absolute atomic E-state index is 0.286. The highest BCUT2D eigenvalue weighted by atomic mass is 35.5. The van der Waals surface area contributed by atoms with E-state index in [1.54, 1.807) is 67.6 Å². The van der Waals surface area contributed by atoms with Crippen molar-refractivity contribution in [2.45, 2.75) is 26.9 Å². The number of hydrogen-bond donors (Lipinski definition) is 2. The molecule has 0 bridgehead atoms. The number of amides is 2. The van der Waals surface area contributed by atoms with Gasteiger partial charge in [-0.05, 0) is 57.2 Å². The van der Waals surface area contributed by atoms with Crippen molar-refractivity contribution in [3.05, 3.63) is 77.3 Å². The van der Waals surface area contributed by atoms with Crippen molar-refractivity contribution in [3.8, 4) is 17.2 Å². The molecular weight excluding hydrogens is 456 g/mol. The summed E-state index contributed by atoms with van der Waals surface area (Å²) < 4.78 is 17.2. The molecule has 2 amide bonds. The third-order valence-corrected chi connectivity index (χ3v) is 4.97. The molecule has 0 radical (unpaired) electrons. The molecule has 3 rings (SSSR count). The Labute approximate surface area is 204 Å². The van der Waals surface area contributed by atoms with Crippen LogP contribution in [0.2, 0.25) is 5.02 Å². The van der Waals surface area contributed by atoms with Crippen molar-refractivity contribution in [2.75, 3.05) is 23.8 Å². The van der Waals surface area contributed by atoms with E-state index in [9.17, 15) is 9.59 Å². The van der Waals surface area contributed by atoms with Crippen molar-refractivity contribution < 1.29 is 23.8 Å². The molecule has 0 aliphatic rings. The zero-order valence-corrected chi connectivity index (χ0v) is 20.0. The van der Waals surface area contributed by atoms with Gasteiger partial charge in [-0.2, -0.15) is 0 Å². The van der Waals surface area contributed by atoms with Crippen LogP contribution in [0.5, 0.6) is 17.2 Å². The van der Waals surface area contributed by atoms with E-state index in [0.717, 1.165) is 0 Å². The summed E-state index contributed by atoms with van der Waals surface area (Å²) in [6.07, 6.45) is -0.788. The minimum Gasteiger partial charge on any atom is -0.492 e. The Morgan fingerprint density at radius 2 is 1.41 bits per heavy atom. The second-order valence-electron chi connectivity index (χ2n) is 7.23. The molecule has 34 heavy (non-hydrogen) atoms. The van der Waals surface area contributed by atoms with Crippen LogP contribution in [0.25, 0.3) is 0 Å². The van der Waals surface area contributed by atoms with Gasteiger partial charge in [0.2, 0.25) is 0 Å². The molecular formula is C26H27ClN2O5. The quantitative estimate of drug-likeness (QED) is 0.381. The second-order valence-corrected chi connectivity index (χ2v) is 7.67. The number of carbonyl (C=O) groups is 2. The normalized spacial score (nSPS) is 11.3. The van der Waals surface area contributed by atoms with Crippen LogP contribution < -0.4 is 24.8 Å². The molecule has 1 unspecified atom stereocenters. The first-order chi connectivity index (χ1) is 16.4. The molecule has 0 aliphatic carbocycles. The van der Waals surface area contributed by atoms with E-state index in [0.29, 0.717) is 52.4 Å². The Morgan fingerprint density at radius 3 is 1.97 bits per heavy atom. The molecule has 2 N–H and O–H groups in total. The molecule has 0 aliphatic heterocycles. The standard InChI is InChI=1S/C26H27ClN2O5/c1-4-32-23-16-22(29-26(31)18-9-7-6-8-10-18)24(33-5-2)15-21(23)28-25(30)17(3)34-20-13-11-19(27)12-14-20/h6-17H,4-5H2,1-3H3,(H,28,30)(H,29,31). The zero-order valence-electron chi connectivity index (χ0n) is 19.3. The lowest BCUT2D eigenvalue weighted by Crippen LogP contribution is -2.30. The van der Waals surface area contributed by atoms with Crippen molar-refractivity contribution in [2.24, 2.45) is 0 Å². The van der Waals surface area contributed by atoms with Crippen LogP contribution in [0.3, 0.4) is 0 Å². The smallest absolute Gasteiger partial charge is 0.265 e. The molecule has 178 valence electrons. The number of ether oxygens (including phenoxy) is 3. The van der Waals surface area contributed by atoms with E-state index in [2.05, 4.69) is 10.6 Å². The predicted molar refractivity (Wildman–Crippen MR) is 133 cm³/mol. The topological polar surface area (TPSA) is 85.9 Å². The summed E-state index contributed by atoms with van der Waals surface area (Å²) in [6.45, 7) is 6.03. The molecule has 7 nitrogen and oxygen atoms in total. The van der Waals surface area contributed by atoms with Gasteiger partial charge in [0.1, 0.15) is 17.2 Å². The Bertz CT molecular complexity index is 1120. The van der Waals surface area contributed by atoms with E-state index in [1.807, 2.05) is 19.9 Å². The summed E-state index contributed by atoms with van der Waals surface area (Å²) in [5.74, 6) is 0.648. The van der Waals surface area contributed by atoms with E-state index in [4.69, 9.17) is 25.8 Å². The molecule has 0 saturated carbocycles. The lowest BCUT2D eigenvalue weighted by molar-refractivity contribution is -0.122. The number of anilines is 2. The summed E-state index contributed by atoms with van der Waals surface area (Å²) in [4.78, 5) is 25.5. The maximum atomic E-state index is 12.8. The van der Waals surface area contributed by atoms with Gasteiger partial charge in [-0.1, -0.05) is 29.8 Å². The third kappa shape index (κ3) is 6.65. The van der Waals surface area contributed by atoms with Crippen molar-refractivity contribution in [1.82, 2.24) is 0 Å². The fraction of sp³-hybridized carbons (Fsp3) is 0.231. The summed E-state index contributed by atoms with van der Waals surface area (Å²) >= 11 is 5.90. The Morgan fingerprint density at radius 1 is 0.853 bits per heavy atom. The second kappa shape index (κ2) is 12.0. The summed E-state index contributed by atoms with van der Waals surface area (Å²) in [6, 6.07) is 18.9. The summed E-state index contributed by atoms with van der Waals surface area (Å²) in [5.41, 5.74) is 1.34. The fourth-order valence-corrected chi connectivity index (χ4v) is 3.22. The maximum absolute atomic E-state index is 12.8. The van der Waals surface area contributed by atoms with E-state index in [1.165, 1.54) is 0 Å². The summed E-state index contributed by atoms with van der Waals surface area (Å²) in [5, 5.41) is 6.27. The molecule has 8 heteroatoms. The molecule has 1 atom stereocenters. The number of halogens is 1. The highest BCUT2D eigenvalue weighted by Gasteiger charge is 2.20. The highest BCUT2D eigenvalue weighted by Crippen LogP contribution is 2.37. The number of rotatable bonds is 10. The number of carbonyl (C=O) groups excluding carboxylic acids is 2. The Balaban J connectivity index is 1.82. The van der Waals surface area contributed by atoms with Gasteiger partial charge in [0.25, 0.3) is 11.8 Å². The first kappa shape index (κ1) is 24.9. The maximum Gasteiger partial charge on any atom is 0.265 e. The van der Waals surface area contributed by atoms with Crippen LogP contribution in [0, 0.1) is 0 Å². The lowest BCUT2D eigenvalue weighted by atomic mass is 10.2.